The minimum atomic E-state index is -0.881. The molecule has 0 rings (SSSR count). The van der Waals surface area contributed by atoms with Crippen molar-refractivity contribution in [2.45, 2.75) is 19.6 Å². The van der Waals surface area contributed by atoms with E-state index >= 15 is 0 Å². The highest BCUT2D eigenvalue weighted by Gasteiger charge is 1.94. The van der Waals surface area contributed by atoms with Gasteiger partial charge in [0, 0.05) is 0 Å². The number of ether oxygens (including phenoxy) is 1. The Morgan fingerprint density at radius 3 is 2.46 bits per heavy atom. The van der Waals surface area contributed by atoms with E-state index < -0.39 is 12.3 Å². The number of carbonyl (C=O) groups is 1. The van der Waals surface area contributed by atoms with E-state index in [1.807, 2.05) is 6.92 Å². The van der Waals surface area contributed by atoms with Gasteiger partial charge in [-0.3, -0.25) is 4.79 Å². The predicted molar refractivity (Wildman–Crippen MR) is 53.9 cm³/mol. The van der Waals surface area contributed by atoms with Crippen LogP contribution in [0.1, 0.15) is 13.3 Å². The summed E-state index contributed by atoms with van der Waals surface area (Å²) >= 11 is 3.42. The van der Waals surface area contributed by atoms with Gasteiger partial charge in [0.25, 0.3) is 0 Å². The number of hydrogen-bond acceptors (Lipinski definition) is 4. The number of hydrogen-bond donors (Lipinski definition) is 3. The first-order valence-electron chi connectivity index (χ1n) is 3.81. The molecule has 0 aromatic carbocycles. The van der Waals surface area contributed by atoms with Crippen LogP contribution in [0.3, 0.4) is 0 Å². The number of aliphatic hydroxyl groups is 1. The predicted octanol–water partition coefficient (Wildman–Crippen LogP) is 0.918. The van der Waals surface area contributed by atoms with Crippen LogP contribution >= 0.6 is 12.6 Å². The molecule has 0 aromatic heterocycles. The lowest BCUT2D eigenvalue weighted by atomic mass is 10.5. The Balaban J connectivity index is 0. The summed E-state index contributed by atoms with van der Waals surface area (Å²) in [6.45, 7) is 5.71. The molecule has 0 radical (unpaired) electrons. The largest absolute Gasteiger partial charge is 0.481 e. The van der Waals surface area contributed by atoms with E-state index in [4.69, 9.17) is 14.9 Å². The number of aliphatic hydroxyl groups excluding tert-OH is 1. The van der Waals surface area contributed by atoms with Gasteiger partial charge in [0.2, 0.25) is 0 Å². The lowest BCUT2D eigenvalue weighted by Crippen LogP contribution is -2.09. The van der Waals surface area contributed by atoms with Crippen molar-refractivity contribution in [1.82, 2.24) is 0 Å². The molecule has 0 aliphatic carbocycles. The number of rotatable bonds is 5. The molecule has 0 amide bonds. The highest BCUT2D eigenvalue weighted by Crippen LogP contribution is 1.90. The van der Waals surface area contributed by atoms with E-state index in [0.29, 0.717) is 13.0 Å². The van der Waals surface area contributed by atoms with Gasteiger partial charge in [-0.25, -0.2) is 0 Å². The van der Waals surface area contributed by atoms with Gasteiger partial charge in [-0.15, -0.1) is 6.58 Å². The van der Waals surface area contributed by atoms with E-state index in [0.717, 1.165) is 0 Å². The molecule has 0 aromatic rings. The summed E-state index contributed by atoms with van der Waals surface area (Å²) in [5, 5.41) is 16.4. The monoisotopic (exact) mass is 208 g/mol. The van der Waals surface area contributed by atoms with Crippen molar-refractivity contribution in [1.29, 1.82) is 0 Å². The number of carboxylic acids is 1. The molecule has 78 valence electrons. The van der Waals surface area contributed by atoms with Gasteiger partial charge in [-0.1, -0.05) is 13.0 Å². The van der Waals surface area contributed by atoms with Crippen molar-refractivity contribution in [3.63, 3.8) is 0 Å². The second-order valence-corrected chi connectivity index (χ2v) is 2.35. The Labute approximate surface area is 83.6 Å². The first-order chi connectivity index (χ1) is 6.08. The van der Waals surface area contributed by atoms with Crippen LogP contribution in [0.15, 0.2) is 12.7 Å². The lowest BCUT2D eigenvalue weighted by Gasteiger charge is -2.05. The van der Waals surface area contributed by atoms with Gasteiger partial charge in [0.15, 0.2) is 6.29 Å². The summed E-state index contributed by atoms with van der Waals surface area (Å²) in [5.74, 6) is -0.965. The summed E-state index contributed by atoms with van der Waals surface area (Å²) < 4.78 is 4.78. The molecule has 0 saturated heterocycles. The first-order valence-corrected chi connectivity index (χ1v) is 4.44. The van der Waals surface area contributed by atoms with E-state index in [1.165, 1.54) is 0 Å². The average molecular weight is 208 g/mol. The number of thiol groups is 1. The highest BCUT2D eigenvalue weighted by molar-refractivity contribution is 7.81. The maximum Gasteiger partial charge on any atom is 0.313 e. The van der Waals surface area contributed by atoms with Crippen LogP contribution in [-0.4, -0.2) is 34.8 Å². The molecule has 4 nitrogen and oxygen atoms in total. The van der Waals surface area contributed by atoms with Crippen LogP contribution < -0.4 is 0 Å². The van der Waals surface area contributed by atoms with Gasteiger partial charge in [-0.2, -0.15) is 12.6 Å². The third kappa shape index (κ3) is 18.4. The molecule has 1 unspecified atom stereocenters. The summed E-state index contributed by atoms with van der Waals surface area (Å²) in [6, 6.07) is 0. The fourth-order valence-corrected chi connectivity index (χ4v) is 0.297. The summed E-state index contributed by atoms with van der Waals surface area (Å²) in [7, 11) is 0. The standard InChI is InChI=1S/C6H12O2.C2H4O2S/c1-3-5-8-6(7)4-2;3-2(4)1-5/h3,6-7H,1,4-5H2,2H3;5H,1H2,(H,3,4). The second-order valence-electron chi connectivity index (χ2n) is 2.04. The van der Waals surface area contributed by atoms with Crippen LogP contribution in [0.25, 0.3) is 0 Å². The SMILES string of the molecule is C=CCOC(O)CC.O=C(O)CS. The van der Waals surface area contributed by atoms with Crippen molar-refractivity contribution in [2.75, 3.05) is 12.4 Å². The molecule has 13 heavy (non-hydrogen) atoms. The molecule has 0 aliphatic heterocycles. The van der Waals surface area contributed by atoms with Crippen LogP contribution in [0.4, 0.5) is 0 Å². The third-order valence-electron chi connectivity index (χ3n) is 0.891. The molecule has 1 atom stereocenters. The molecule has 0 heterocycles. The molecule has 5 heteroatoms. The van der Waals surface area contributed by atoms with E-state index in [-0.39, 0.29) is 5.75 Å². The topological polar surface area (TPSA) is 66.8 Å². The van der Waals surface area contributed by atoms with Gasteiger partial charge in [0.05, 0.1) is 12.4 Å². The van der Waals surface area contributed by atoms with Gasteiger partial charge in [-0.05, 0) is 6.42 Å². The third-order valence-corrected chi connectivity index (χ3v) is 1.16. The maximum atomic E-state index is 9.29. The van der Waals surface area contributed by atoms with E-state index in [2.05, 4.69) is 19.2 Å². The molecule has 0 fully saturated rings. The smallest absolute Gasteiger partial charge is 0.313 e. The molecule has 0 spiro atoms. The maximum absolute atomic E-state index is 9.29. The molecular weight excluding hydrogens is 192 g/mol. The Hall–Kier alpha value is -0.520. The summed E-state index contributed by atoms with van der Waals surface area (Å²) in [4.78, 5) is 9.29. The van der Waals surface area contributed by atoms with Crippen LogP contribution in [-0.2, 0) is 9.53 Å². The van der Waals surface area contributed by atoms with Crippen molar-refractivity contribution in [3.05, 3.63) is 12.7 Å². The van der Waals surface area contributed by atoms with E-state index in [1.54, 1.807) is 6.08 Å². The Morgan fingerprint density at radius 1 is 1.77 bits per heavy atom. The van der Waals surface area contributed by atoms with Crippen LogP contribution in [0.2, 0.25) is 0 Å². The van der Waals surface area contributed by atoms with E-state index in [9.17, 15) is 4.79 Å². The molecule has 0 aliphatic rings. The second kappa shape index (κ2) is 11.5. The quantitative estimate of drug-likeness (QED) is 0.357. The Kier molecular flexibility index (Phi) is 13.2. The van der Waals surface area contributed by atoms with Gasteiger partial charge >= 0.3 is 5.97 Å². The van der Waals surface area contributed by atoms with Crippen molar-refractivity contribution < 1.29 is 19.7 Å². The fourth-order valence-electron chi connectivity index (χ4n) is 0.297. The fraction of sp³-hybridized carbons (Fsp3) is 0.625. The zero-order valence-corrected chi connectivity index (χ0v) is 8.54. The van der Waals surface area contributed by atoms with Crippen molar-refractivity contribution >= 4 is 18.6 Å². The average Bonchev–Trinajstić information content (AvgIpc) is 2.15. The van der Waals surface area contributed by atoms with Gasteiger partial charge < -0.3 is 14.9 Å². The number of aliphatic carboxylic acids is 1. The Bertz CT molecular complexity index is 138. The lowest BCUT2D eigenvalue weighted by molar-refractivity contribution is -0.133. The molecular formula is C8H16O4S. The van der Waals surface area contributed by atoms with Gasteiger partial charge in [0.1, 0.15) is 0 Å². The number of carboxylic acid groups (broad SMARTS) is 1. The van der Waals surface area contributed by atoms with Crippen LogP contribution in [0.5, 0.6) is 0 Å². The summed E-state index contributed by atoms with van der Waals surface area (Å²) in [6.07, 6.45) is 1.63. The zero-order valence-electron chi connectivity index (χ0n) is 7.64. The first kappa shape index (κ1) is 15.0. The molecule has 0 saturated carbocycles. The van der Waals surface area contributed by atoms with Crippen molar-refractivity contribution in [2.24, 2.45) is 0 Å². The minimum absolute atomic E-state index is 0.0833. The Morgan fingerprint density at radius 2 is 2.23 bits per heavy atom. The zero-order chi connectivity index (χ0) is 10.7. The van der Waals surface area contributed by atoms with Crippen molar-refractivity contribution in [3.8, 4) is 0 Å². The molecule has 0 bridgehead atoms. The normalized spacial score (nSPS) is 11.0. The molecule has 2 N–H and O–H groups in total. The summed E-state index contributed by atoms with van der Waals surface area (Å²) in [5.41, 5.74) is 0. The van der Waals surface area contributed by atoms with Crippen LogP contribution in [0, 0.1) is 0 Å². The highest BCUT2D eigenvalue weighted by atomic mass is 32.1. The minimum Gasteiger partial charge on any atom is -0.481 e.